The molecule has 27 heavy (non-hydrogen) atoms. The van der Waals surface area contributed by atoms with Crippen LogP contribution in [0.2, 0.25) is 0 Å². The number of likely N-dealkylation sites (N-methyl/N-ethyl adjacent to an activating group) is 1. The lowest BCUT2D eigenvalue weighted by Gasteiger charge is -2.23. The molecule has 7 nitrogen and oxygen atoms in total. The van der Waals surface area contributed by atoms with Crippen LogP contribution in [0.1, 0.15) is 31.9 Å². The maximum Gasteiger partial charge on any atom is 0.409 e. The monoisotopic (exact) mass is 366 g/mol. The molecular formula is C20H22N4O3. The molecule has 0 saturated heterocycles. The van der Waals surface area contributed by atoms with Crippen LogP contribution in [0.3, 0.4) is 0 Å². The number of hydrogen-bond donors (Lipinski definition) is 1. The fourth-order valence-corrected chi connectivity index (χ4v) is 2.77. The van der Waals surface area contributed by atoms with Crippen molar-refractivity contribution in [3.05, 3.63) is 59.9 Å². The van der Waals surface area contributed by atoms with Gasteiger partial charge >= 0.3 is 6.09 Å². The number of nitrogens with one attached hydrogen (secondary N) is 1. The molecule has 1 atom stereocenters. The van der Waals surface area contributed by atoms with E-state index in [1.165, 1.54) is 4.90 Å². The van der Waals surface area contributed by atoms with E-state index in [0.29, 0.717) is 11.4 Å². The SMILES string of the molecule is CN1C(=O)C(NC(=O)OC(C)(C)C)N=C(c2cccnc2)c2ccccc21. The van der Waals surface area contributed by atoms with Gasteiger partial charge in [-0.05, 0) is 39.0 Å². The summed E-state index contributed by atoms with van der Waals surface area (Å²) in [6, 6.07) is 11.1. The first-order valence-corrected chi connectivity index (χ1v) is 8.61. The van der Waals surface area contributed by atoms with Crippen molar-refractivity contribution in [2.75, 3.05) is 11.9 Å². The summed E-state index contributed by atoms with van der Waals surface area (Å²) in [5.41, 5.74) is 2.15. The summed E-state index contributed by atoms with van der Waals surface area (Å²) >= 11 is 0. The molecule has 1 unspecified atom stereocenters. The molecule has 0 bridgehead atoms. The van der Waals surface area contributed by atoms with Gasteiger partial charge in [-0.3, -0.25) is 15.1 Å². The third-order valence-electron chi connectivity index (χ3n) is 3.93. The van der Waals surface area contributed by atoms with Crippen molar-refractivity contribution >= 4 is 23.4 Å². The number of carbonyl (C=O) groups excluding carboxylic acids is 2. The van der Waals surface area contributed by atoms with Gasteiger partial charge in [0.15, 0.2) is 0 Å². The smallest absolute Gasteiger partial charge is 0.409 e. The van der Waals surface area contributed by atoms with Crippen molar-refractivity contribution in [3.8, 4) is 0 Å². The number of aliphatic imine (C=N–C) groups is 1. The molecule has 2 aromatic rings. The van der Waals surface area contributed by atoms with E-state index in [1.54, 1.807) is 46.3 Å². The zero-order chi connectivity index (χ0) is 19.6. The van der Waals surface area contributed by atoms with Crippen molar-refractivity contribution in [1.29, 1.82) is 0 Å². The van der Waals surface area contributed by atoms with Gasteiger partial charge in [0.2, 0.25) is 6.17 Å². The van der Waals surface area contributed by atoms with Crippen molar-refractivity contribution in [3.63, 3.8) is 0 Å². The van der Waals surface area contributed by atoms with Gasteiger partial charge in [0.25, 0.3) is 5.91 Å². The highest BCUT2D eigenvalue weighted by Gasteiger charge is 2.32. The Kier molecular flexibility index (Phi) is 4.94. The number of para-hydroxylation sites is 1. The first-order valence-electron chi connectivity index (χ1n) is 8.61. The quantitative estimate of drug-likeness (QED) is 0.886. The minimum Gasteiger partial charge on any atom is -0.444 e. The Bertz CT molecular complexity index is 888. The van der Waals surface area contributed by atoms with E-state index in [1.807, 2.05) is 30.3 Å². The van der Waals surface area contributed by atoms with E-state index < -0.39 is 17.9 Å². The number of pyridine rings is 1. The van der Waals surface area contributed by atoms with Crippen LogP contribution in [-0.2, 0) is 9.53 Å². The molecule has 0 aliphatic carbocycles. The number of benzodiazepines with no additional fused rings is 1. The summed E-state index contributed by atoms with van der Waals surface area (Å²) in [5.74, 6) is -0.354. The number of aromatic nitrogens is 1. The molecule has 0 saturated carbocycles. The predicted molar refractivity (Wildman–Crippen MR) is 103 cm³/mol. The molecule has 1 aliphatic heterocycles. The highest BCUT2D eigenvalue weighted by atomic mass is 16.6. The van der Waals surface area contributed by atoms with Gasteiger partial charge in [-0.1, -0.05) is 18.2 Å². The highest BCUT2D eigenvalue weighted by Crippen LogP contribution is 2.26. The Labute approximate surface area is 158 Å². The number of rotatable bonds is 2. The maximum atomic E-state index is 12.9. The fraction of sp³-hybridized carbons (Fsp3) is 0.300. The minimum atomic E-state index is -1.10. The van der Waals surface area contributed by atoms with Crippen LogP contribution in [0.25, 0.3) is 0 Å². The second kappa shape index (κ2) is 7.19. The van der Waals surface area contributed by atoms with Crippen LogP contribution in [0.4, 0.5) is 10.5 Å². The number of anilines is 1. The molecule has 3 rings (SSSR count). The molecule has 1 N–H and O–H groups in total. The standard InChI is InChI=1S/C20H22N4O3/c1-20(2,3)27-19(26)23-17-18(25)24(4)15-10-6-5-9-14(15)16(22-17)13-8-7-11-21-12-13/h5-12,17H,1-4H3,(H,23,26). The predicted octanol–water partition coefficient (Wildman–Crippen LogP) is 2.75. The van der Waals surface area contributed by atoms with Gasteiger partial charge in [0.1, 0.15) is 5.60 Å². The third kappa shape index (κ3) is 4.13. The minimum absolute atomic E-state index is 0.354. The number of hydrogen-bond acceptors (Lipinski definition) is 5. The summed E-state index contributed by atoms with van der Waals surface area (Å²) in [5, 5.41) is 2.57. The van der Waals surface area contributed by atoms with Crippen molar-refractivity contribution in [2.45, 2.75) is 32.5 Å². The summed E-state index contributed by atoms with van der Waals surface area (Å²) in [6.45, 7) is 5.27. The molecule has 0 fully saturated rings. The number of alkyl carbamates (subject to hydrolysis) is 1. The molecule has 1 aliphatic rings. The van der Waals surface area contributed by atoms with Gasteiger partial charge in [-0.2, -0.15) is 0 Å². The molecule has 0 radical (unpaired) electrons. The Balaban J connectivity index is 2.05. The second-order valence-corrected chi connectivity index (χ2v) is 7.18. The van der Waals surface area contributed by atoms with Crippen LogP contribution >= 0.6 is 0 Å². The van der Waals surface area contributed by atoms with Crippen molar-refractivity contribution in [1.82, 2.24) is 10.3 Å². The molecule has 1 aromatic carbocycles. The van der Waals surface area contributed by atoms with Crippen LogP contribution in [-0.4, -0.2) is 41.5 Å². The average molecular weight is 366 g/mol. The van der Waals surface area contributed by atoms with Crippen LogP contribution in [0.5, 0.6) is 0 Å². The molecule has 2 amide bonds. The number of benzene rings is 1. The lowest BCUT2D eigenvalue weighted by Crippen LogP contribution is -2.47. The number of ether oxygens (including phenoxy) is 1. The molecule has 0 spiro atoms. The Morgan fingerprint density at radius 2 is 1.93 bits per heavy atom. The molecule has 7 heteroatoms. The van der Waals surface area contributed by atoms with E-state index in [2.05, 4.69) is 15.3 Å². The topological polar surface area (TPSA) is 83.9 Å². The molecule has 2 heterocycles. The lowest BCUT2D eigenvalue weighted by atomic mass is 10.0. The van der Waals surface area contributed by atoms with Crippen molar-refractivity contribution < 1.29 is 14.3 Å². The maximum absolute atomic E-state index is 12.9. The van der Waals surface area contributed by atoms with E-state index in [9.17, 15) is 9.59 Å². The van der Waals surface area contributed by atoms with E-state index in [0.717, 1.165) is 11.1 Å². The normalized spacial score (nSPS) is 16.9. The van der Waals surface area contributed by atoms with Gasteiger partial charge in [0, 0.05) is 30.6 Å². The first-order chi connectivity index (χ1) is 12.8. The number of fused-ring (bicyclic) bond motifs is 1. The number of carbonyl (C=O) groups is 2. The van der Waals surface area contributed by atoms with Gasteiger partial charge < -0.3 is 9.64 Å². The van der Waals surface area contributed by atoms with Crippen LogP contribution < -0.4 is 10.2 Å². The number of nitrogens with zero attached hydrogens (tertiary/aromatic N) is 3. The number of amides is 2. The summed E-state index contributed by atoms with van der Waals surface area (Å²) in [6.07, 6.45) is 1.54. The average Bonchev–Trinajstić information content (AvgIpc) is 2.72. The largest absolute Gasteiger partial charge is 0.444 e. The van der Waals surface area contributed by atoms with Gasteiger partial charge in [-0.25, -0.2) is 9.79 Å². The third-order valence-corrected chi connectivity index (χ3v) is 3.93. The zero-order valence-corrected chi connectivity index (χ0v) is 15.8. The molecule has 1 aromatic heterocycles. The first kappa shape index (κ1) is 18.6. The molecule has 140 valence electrons. The van der Waals surface area contributed by atoms with Gasteiger partial charge in [-0.15, -0.1) is 0 Å². The summed E-state index contributed by atoms with van der Waals surface area (Å²) in [7, 11) is 1.66. The van der Waals surface area contributed by atoms with E-state index >= 15 is 0 Å². The Hall–Kier alpha value is -3.22. The Morgan fingerprint density at radius 1 is 1.19 bits per heavy atom. The van der Waals surface area contributed by atoms with Gasteiger partial charge in [0.05, 0.1) is 11.4 Å². The zero-order valence-electron chi connectivity index (χ0n) is 15.8. The summed E-state index contributed by atoms with van der Waals surface area (Å²) < 4.78 is 5.28. The Morgan fingerprint density at radius 3 is 2.59 bits per heavy atom. The fourth-order valence-electron chi connectivity index (χ4n) is 2.77. The molecular weight excluding hydrogens is 344 g/mol. The summed E-state index contributed by atoms with van der Waals surface area (Å²) in [4.78, 5) is 35.3. The van der Waals surface area contributed by atoms with E-state index in [4.69, 9.17) is 4.74 Å². The van der Waals surface area contributed by atoms with E-state index in [-0.39, 0.29) is 5.91 Å². The highest BCUT2D eigenvalue weighted by molar-refractivity contribution is 6.20. The van der Waals surface area contributed by atoms with Crippen molar-refractivity contribution in [2.24, 2.45) is 4.99 Å². The van der Waals surface area contributed by atoms with Crippen LogP contribution in [0.15, 0.2) is 53.8 Å². The van der Waals surface area contributed by atoms with Crippen LogP contribution in [0, 0.1) is 0 Å². The lowest BCUT2D eigenvalue weighted by molar-refractivity contribution is -0.120. The second-order valence-electron chi connectivity index (χ2n) is 7.18.